The Morgan fingerprint density at radius 3 is 2.50 bits per heavy atom. The van der Waals surface area contributed by atoms with Gasteiger partial charge in [0.15, 0.2) is 0 Å². The van der Waals surface area contributed by atoms with Crippen LogP contribution in [0.3, 0.4) is 0 Å². The van der Waals surface area contributed by atoms with Crippen molar-refractivity contribution in [3.8, 4) is 22.7 Å². The molecule has 1 amide bonds. The van der Waals surface area contributed by atoms with Crippen molar-refractivity contribution in [3.63, 3.8) is 0 Å². The second-order valence-electron chi connectivity index (χ2n) is 6.42. The van der Waals surface area contributed by atoms with E-state index in [1.165, 1.54) is 12.1 Å². The van der Waals surface area contributed by atoms with E-state index in [2.05, 4.69) is 25.2 Å². The molecule has 152 valence electrons. The maximum Gasteiger partial charge on any atom is 0.387 e. The molecule has 0 saturated carbocycles. The summed E-state index contributed by atoms with van der Waals surface area (Å²) in [4.78, 5) is 16.7. The first-order valence-electron chi connectivity index (χ1n) is 9.02. The van der Waals surface area contributed by atoms with Gasteiger partial charge in [-0.3, -0.25) is 9.89 Å². The lowest BCUT2D eigenvalue weighted by Crippen LogP contribution is -2.12. The average Bonchev–Trinajstić information content (AvgIpc) is 3.38. The molecule has 7 nitrogen and oxygen atoms in total. The van der Waals surface area contributed by atoms with Crippen LogP contribution < -0.4 is 10.1 Å². The fourth-order valence-corrected chi connectivity index (χ4v) is 2.95. The molecule has 0 spiro atoms. The van der Waals surface area contributed by atoms with E-state index in [4.69, 9.17) is 0 Å². The Balaban J connectivity index is 1.43. The van der Waals surface area contributed by atoms with Crippen LogP contribution in [0.5, 0.6) is 5.75 Å². The van der Waals surface area contributed by atoms with E-state index in [9.17, 15) is 13.6 Å². The van der Waals surface area contributed by atoms with Gasteiger partial charge in [0, 0.05) is 29.3 Å². The van der Waals surface area contributed by atoms with Crippen molar-refractivity contribution in [2.75, 3.05) is 5.32 Å². The van der Waals surface area contributed by atoms with Crippen LogP contribution in [-0.4, -0.2) is 32.3 Å². The van der Waals surface area contributed by atoms with Crippen LogP contribution in [0.25, 0.3) is 16.9 Å². The van der Waals surface area contributed by atoms with Crippen LogP contribution in [0.15, 0.2) is 67.0 Å². The lowest BCUT2D eigenvalue weighted by molar-refractivity contribution is -0.0498. The molecule has 9 heteroatoms. The van der Waals surface area contributed by atoms with Crippen molar-refractivity contribution >= 4 is 11.6 Å². The summed E-state index contributed by atoms with van der Waals surface area (Å²) in [6.45, 7) is -0.972. The van der Waals surface area contributed by atoms with E-state index < -0.39 is 6.61 Å². The van der Waals surface area contributed by atoms with Crippen LogP contribution in [-0.2, 0) is 0 Å². The van der Waals surface area contributed by atoms with Gasteiger partial charge in [-0.25, -0.2) is 4.98 Å². The number of hydrogen-bond acceptors (Lipinski definition) is 4. The normalized spacial score (nSPS) is 10.9. The molecular formula is C21H17F2N5O2. The molecule has 0 unspecified atom stereocenters. The van der Waals surface area contributed by atoms with Crippen LogP contribution in [0.1, 0.15) is 16.3 Å². The molecule has 0 aliphatic rings. The third-order valence-corrected chi connectivity index (χ3v) is 4.43. The number of halogens is 2. The Morgan fingerprint density at radius 2 is 1.87 bits per heavy atom. The minimum absolute atomic E-state index is 0.0524. The van der Waals surface area contributed by atoms with Crippen molar-refractivity contribution in [2.45, 2.75) is 13.5 Å². The predicted octanol–water partition coefficient (Wildman–Crippen LogP) is 4.42. The van der Waals surface area contributed by atoms with E-state index in [0.29, 0.717) is 16.9 Å². The quantitative estimate of drug-likeness (QED) is 0.494. The number of nitrogens with one attached hydrogen (secondary N) is 2. The molecule has 0 aliphatic heterocycles. The topological polar surface area (TPSA) is 84.8 Å². The summed E-state index contributed by atoms with van der Waals surface area (Å²) < 4.78 is 30.7. The number of alkyl halides is 2. The fourth-order valence-electron chi connectivity index (χ4n) is 2.95. The number of carbonyl (C=O) groups is 1. The monoisotopic (exact) mass is 409 g/mol. The average molecular weight is 409 g/mol. The van der Waals surface area contributed by atoms with Gasteiger partial charge in [0.1, 0.15) is 17.3 Å². The van der Waals surface area contributed by atoms with Gasteiger partial charge in [0.05, 0.1) is 5.69 Å². The van der Waals surface area contributed by atoms with Crippen LogP contribution in [0, 0.1) is 6.92 Å². The number of H-pyrrole nitrogens is 1. The Kier molecular flexibility index (Phi) is 5.25. The molecule has 0 radical (unpaired) electrons. The van der Waals surface area contributed by atoms with E-state index in [0.717, 1.165) is 11.5 Å². The zero-order valence-corrected chi connectivity index (χ0v) is 15.8. The zero-order valence-electron chi connectivity index (χ0n) is 15.8. The number of aromatic nitrogens is 4. The lowest BCUT2D eigenvalue weighted by atomic mass is 10.1. The van der Waals surface area contributed by atoms with E-state index in [1.54, 1.807) is 36.5 Å². The highest BCUT2D eigenvalue weighted by Gasteiger charge is 2.12. The maximum atomic E-state index is 12.5. The van der Waals surface area contributed by atoms with Crippen molar-refractivity contribution in [1.29, 1.82) is 0 Å². The number of aryl methyl sites for hydroxylation is 1. The number of amides is 1. The summed E-state index contributed by atoms with van der Waals surface area (Å²) in [6.07, 6.45) is 3.58. The second kappa shape index (κ2) is 8.16. The Hall–Kier alpha value is -4.01. The predicted molar refractivity (Wildman–Crippen MR) is 107 cm³/mol. The third kappa shape index (κ3) is 4.19. The SMILES string of the molecule is Cc1nccn1-c1ccc(NC(=O)c2cc(-c3ccc(OC(F)F)cc3)n[nH]2)cc1. The first kappa shape index (κ1) is 19.3. The minimum Gasteiger partial charge on any atom is -0.435 e. The number of ether oxygens (including phenoxy) is 1. The molecular weight excluding hydrogens is 392 g/mol. The number of benzene rings is 2. The number of rotatable bonds is 6. The number of anilines is 1. The van der Waals surface area contributed by atoms with Crippen molar-refractivity contribution < 1.29 is 18.3 Å². The molecule has 4 aromatic rings. The largest absolute Gasteiger partial charge is 0.435 e. The molecule has 2 aromatic heterocycles. The Bertz CT molecular complexity index is 1150. The van der Waals surface area contributed by atoms with Gasteiger partial charge in [-0.15, -0.1) is 0 Å². The van der Waals surface area contributed by atoms with Gasteiger partial charge >= 0.3 is 6.61 Å². The summed E-state index contributed by atoms with van der Waals surface area (Å²) in [6, 6.07) is 15.0. The summed E-state index contributed by atoms with van der Waals surface area (Å²) >= 11 is 0. The van der Waals surface area contributed by atoms with Crippen LogP contribution in [0.2, 0.25) is 0 Å². The van der Waals surface area contributed by atoms with Gasteiger partial charge in [0.25, 0.3) is 5.91 Å². The summed E-state index contributed by atoms with van der Waals surface area (Å²) in [7, 11) is 0. The lowest BCUT2D eigenvalue weighted by Gasteiger charge is -2.07. The van der Waals surface area contributed by atoms with Crippen molar-refractivity contribution in [3.05, 3.63) is 78.5 Å². The van der Waals surface area contributed by atoms with E-state index in [1.807, 2.05) is 29.8 Å². The van der Waals surface area contributed by atoms with Crippen LogP contribution in [0.4, 0.5) is 14.5 Å². The number of aromatic amines is 1. The standard InChI is InChI=1S/C21H17F2N5O2/c1-13-24-10-11-28(13)16-6-4-15(5-7-16)25-20(29)19-12-18(26-27-19)14-2-8-17(9-3-14)30-21(22)23/h2-12,21H,1H3,(H,25,29)(H,26,27). The van der Waals surface area contributed by atoms with Crippen LogP contribution >= 0.6 is 0 Å². The van der Waals surface area contributed by atoms with Crippen molar-refractivity contribution in [1.82, 2.24) is 19.7 Å². The van der Waals surface area contributed by atoms with Gasteiger partial charge in [-0.1, -0.05) is 0 Å². The third-order valence-electron chi connectivity index (χ3n) is 4.43. The summed E-state index contributed by atoms with van der Waals surface area (Å²) in [5, 5.41) is 9.60. The molecule has 0 atom stereocenters. The molecule has 0 saturated heterocycles. The van der Waals surface area contributed by atoms with Gasteiger partial charge in [0.2, 0.25) is 0 Å². The molecule has 2 heterocycles. The summed E-state index contributed by atoms with van der Waals surface area (Å²) in [5.41, 5.74) is 3.01. The van der Waals surface area contributed by atoms with Crippen molar-refractivity contribution in [2.24, 2.45) is 0 Å². The number of hydrogen-bond donors (Lipinski definition) is 2. The minimum atomic E-state index is -2.88. The maximum absolute atomic E-state index is 12.5. The molecule has 0 aliphatic carbocycles. The Labute approximate surface area is 170 Å². The number of nitrogens with zero attached hydrogens (tertiary/aromatic N) is 3. The highest BCUT2D eigenvalue weighted by Crippen LogP contribution is 2.23. The highest BCUT2D eigenvalue weighted by molar-refractivity contribution is 6.03. The molecule has 2 aromatic carbocycles. The van der Waals surface area contributed by atoms with E-state index >= 15 is 0 Å². The smallest absolute Gasteiger partial charge is 0.387 e. The van der Waals surface area contributed by atoms with Gasteiger partial charge in [-0.05, 0) is 61.5 Å². The summed E-state index contributed by atoms with van der Waals surface area (Å²) in [5.74, 6) is 0.570. The highest BCUT2D eigenvalue weighted by atomic mass is 19.3. The van der Waals surface area contributed by atoms with Gasteiger partial charge in [-0.2, -0.15) is 13.9 Å². The fraction of sp³-hybridized carbons (Fsp3) is 0.0952. The van der Waals surface area contributed by atoms with E-state index in [-0.39, 0.29) is 17.4 Å². The number of carbonyl (C=O) groups excluding carboxylic acids is 1. The van der Waals surface area contributed by atoms with Gasteiger partial charge < -0.3 is 14.6 Å². The molecule has 30 heavy (non-hydrogen) atoms. The second-order valence-corrected chi connectivity index (χ2v) is 6.42. The first-order valence-corrected chi connectivity index (χ1v) is 9.02. The molecule has 4 rings (SSSR count). The first-order chi connectivity index (χ1) is 14.5. The number of imidazole rings is 1. The molecule has 0 fully saturated rings. The molecule has 0 bridgehead atoms. The zero-order chi connectivity index (χ0) is 21.1. The Morgan fingerprint density at radius 1 is 1.13 bits per heavy atom. The molecule has 2 N–H and O–H groups in total.